The van der Waals surface area contributed by atoms with Crippen molar-refractivity contribution < 1.29 is 4.74 Å². The van der Waals surface area contributed by atoms with E-state index in [1.807, 2.05) is 0 Å². The minimum Gasteiger partial charge on any atom is -0.362 e. The zero-order valence-corrected chi connectivity index (χ0v) is 18.1. The molecule has 0 amide bonds. The molecule has 0 spiro atoms. The van der Waals surface area contributed by atoms with Crippen molar-refractivity contribution in [2.24, 2.45) is 0 Å². The molecule has 0 saturated carbocycles. The van der Waals surface area contributed by atoms with E-state index in [0.717, 1.165) is 56.8 Å². The third-order valence-corrected chi connectivity index (χ3v) is 6.66. The number of benzene rings is 2. The number of hydrogen-bond donors (Lipinski definition) is 0. The monoisotopic (exact) mass is 401 g/mol. The van der Waals surface area contributed by atoms with Crippen molar-refractivity contribution in [3.05, 3.63) is 77.2 Å². The van der Waals surface area contributed by atoms with Gasteiger partial charge in [-0.05, 0) is 43.9 Å². The summed E-state index contributed by atoms with van der Waals surface area (Å²) in [7, 11) is 2.20. The van der Waals surface area contributed by atoms with Gasteiger partial charge in [0.2, 0.25) is 0 Å². The van der Waals surface area contributed by atoms with Gasteiger partial charge in [-0.3, -0.25) is 0 Å². The van der Waals surface area contributed by atoms with E-state index in [0.29, 0.717) is 0 Å². The fourth-order valence-corrected chi connectivity index (χ4v) is 4.98. The lowest BCUT2D eigenvalue weighted by Gasteiger charge is -2.32. The van der Waals surface area contributed by atoms with Gasteiger partial charge in [0.15, 0.2) is 0 Å². The number of aromatic nitrogens is 2. The fourth-order valence-electron chi connectivity index (χ4n) is 4.98. The van der Waals surface area contributed by atoms with Gasteiger partial charge >= 0.3 is 0 Å². The van der Waals surface area contributed by atoms with Gasteiger partial charge in [-0.15, -0.1) is 0 Å². The molecule has 4 heteroatoms. The second kappa shape index (κ2) is 8.37. The Hall–Kier alpha value is -2.43. The highest BCUT2D eigenvalue weighted by molar-refractivity contribution is 5.63. The van der Waals surface area contributed by atoms with Crippen LogP contribution in [0.2, 0.25) is 0 Å². The summed E-state index contributed by atoms with van der Waals surface area (Å²) < 4.78 is 9.30. The Morgan fingerprint density at radius 3 is 2.47 bits per heavy atom. The highest BCUT2D eigenvalue weighted by Crippen LogP contribution is 2.37. The Kier molecular flexibility index (Phi) is 5.45. The molecule has 3 aromatic rings. The maximum absolute atomic E-state index is 6.85. The summed E-state index contributed by atoms with van der Waals surface area (Å²) in [5.74, 6) is 1.08. The number of fused-ring (bicyclic) bond motifs is 2. The molecule has 1 saturated heterocycles. The largest absolute Gasteiger partial charge is 0.362 e. The third-order valence-electron chi connectivity index (χ3n) is 6.66. The Bertz CT molecular complexity index is 1000. The van der Waals surface area contributed by atoms with E-state index in [1.165, 1.54) is 22.4 Å². The first-order valence-corrected chi connectivity index (χ1v) is 11.3. The smallest absolute Gasteiger partial charge is 0.143 e. The van der Waals surface area contributed by atoms with Crippen LogP contribution in [-0.2, 0) is 24.1 Å². The molecule has 0 bridgehead atoms. The molecule has 2 aliphatic rings. The molecule has 0 aliphatic carbocycles. The maximum atomic E-state index is 6.85. The Balaban J connectivity index is 1.60. The summed E-state index contributed by atoms with van der Waals surface area (Å²) in [5, 5.41) is 0. The van der Waals surface area contributed by atoms with Crippen LogP contribution in [0.3, 0.4) is 0 Å². The van der Waals surface area contributed by atoms with Gasteiger partial charge in [0.1, 0.15) is 11.9 Å². The summed E-state index contributed by atoms with van der Waals surface area (Å²) in [5.41, 5.74) is 6.32. The molecule has 156 valence electrons. The van der Waals surface area contributed by atoms with E-state index in [2.05, 4.69) is 78.0 Å². The van der Waals surface area contributed by atoms with Gasteiger partial charge in [0, 0.05) is 30.9 Å². The first kappa shape index (κ1) is 19.5. The van der Waals surface area contributed by atoms with E-state index in [9.17, 15) is 0 Å². The minimum absolute atomic E-state index is 0.0973. The zero-order valence-electron chi connectivity index (χ0n) is 18.1. The lowest BCUT2D eigenvalue weighted by atomic mass is 9.99. The summed E-state index contributed by atoms with van der Waals surface area (Å²) >= 11 is 0. The van der Waals surface area contributed by atoms with Crippen LogP contribution in [0, 0.1) is 0 Å². The average molecular weight is 402 g/mol. The molecule has 1 fully saturated rings. The number of likely N-dealkylation sites (tertiary alicyclic amines) is 1. The highest BCUT2D eigenvalue weighted by atomic mass is 16.5. The van der Waals surface area contributed by atoms with Gasteiger partial charge in [0.25, 0.3) is 0 Å². The van der Waals surface area contributed by atoms with Crippen molar-refractivity contribution in [3.8, 4) is 11.3 Å². The summed E-state index contributed by atoms with van der Waals surface area (Å²) in [6.45, 7) is 5.40. The predicted molar refractivity (Wildman–Crippen MR) is 121 cm³/mol. The normalized spacial score (nSPS) is 19.9. The summed E-state index contributed by atoms with van der Waals surface area (Å²) in [6, 6.07) is 19.4. The van der Waals surface area contributed by atoms with E-state index in [4.69, 9.17) is 9.72 Å². The van der Waals surface area contributed by atoms with Gasteiger partial charge in [-0.2, -0.15) is 0 Å². The molecule has 0 radical (unpaired) electrons. The van der Waals surface area contributed by atoms with Crippen molar-refractivity contribution in [3.63, 3.8) is 0 Å². The van der Waals surface area contributed by atoms with Gasteiger partial charge in [-0.1, -0.05) is 61.5 Å². The second-order valence-corrected chi connectivity index (χ2v) is 8.60. The molecule has 5 rings (SSSR count). The Morgan fingerprint density at radius 1 is 0.967 bits per heavy atom. The highest BCUT2D eigenvalue weighted by Gasteiger charge is 2.32. The van der Waals surface area contributed by atoms with Crippen molar-refractivity contribution in [2.45, 2.75) is 51.4 Å². The van der Waals surface area contributed by atoms with Crippen molar-refractivity contribution in [2.75, 3.05) is 20.1 Å². The van der Waals surface area contributed by atoms with Crippen LogP contribution in [0.15, 0.2) is 54.6 Å². The Labute approximate surface area is 179 Å². The number of ether oxygens (including phenoxy) is 1. The number of rotatable bonds is 4. The van der Waals surface area contributed by atoms with Gasteiger partial charge in [0.05, 0.1) is 11.8 Å². The molecule has 1 unspecified atom stereocenters. The molecule has 2 aromatic carbocycles. The molecule has 4 nitrogen and oxygen atoms in total. The molecule has 1 aromatic heterocycles. The maximum Gasteiger partial charge on any atom is 0.143 e. The number of aryl methyl sites for hydroxylation is 1. The number of imidazole rings is 1. The quantitative estimate of drug-likeness (QED) is 0.625. The number of hydrogen-bond acceptors (Lipinski definition) is 3. The molecular weight excluding hydrogens is 370 g/mol. The minimum atomic E-state index is -0.0973. The van der Waals surface area contributed by atoms with Crippen LogP contribution in [0.4, 0.5) is 0 Å². The van der Waals surface area contributed by atoms with Crippen molar-refractivity contribution in [1.29, 1.82) is 0 Å². The second-order valence-electron chi connectivity index (χ2n) is 8.60. The van der Waals surface area contributed by atoms with E-state index >= 15 is 0 Å². The topological polar surface area (TPSA) is 30.3 Å². The van der Waals surface area contributed by atoms with Crippen LogP contribution in [0.25, 0.3) is 11.3 Å². The predicted octanol–water partition coefficient (Wildman–Crippen LogP) is 4.87. The standard InChI is InChI=1S/C26H31N3O/c1-3-23-24(20-10-5-4-6-11-20)27-26-25(30-21-14-16-28(2)17-15-21)22-12-8-7-9-19(22)13-18-29(23)26/h4-12,21,25H,3,13-18H2,1-2H3. The van der Waals surface area contributed by atoms with Crippen LogP contribution < -0.4 is 0 Å². The lowest BCUT2D eigenvalue weighted by Crippen LogP contribution is -2.35. The lowest BCUT2D eigenvalue weighted by molar-refractivity contribution is -0.0276. The fraction of sp³-hybridized carbons (Fsp3) is 0.423. The Morgan fingerprint density at radius 2 is 1.70 bits per heavy atom. The molecule has 1 atom stereocenters. The van der Waals surface area contributed by atoms with Crippen LogP contribution >= 0.6 is 0 Å². The van der Waals surface area contributed by atoms with Gasteiger partial charge in [-0.25, -0.2) is 4.98 Å². The SMILES string of the molecule is CCc1c(-c2ccccc2)nc2n1CCc1ccccc1C2OC1CCN(C)CC1. The van der Waals surface area contributed by atoms with E-state index < -0.39 is 0 Å². The molecule has 2 aliphatic heterocycles. The van der Waals surface area contributed by atoms with Crippen LogP contribution in [0.1, 0.15) is 48.5 Å². The first-order valence-electron chi connectivity index (χ1n) is 11.3. The average Bonchev–Trinajstić information content (AvgIpc) is 3.09. The summed E-state index contributed by atoms with van der Waals surface area (Å²) in [6.07, 6.45) is 4.35. The van der Waals surface area contributed by atoms with Crippen molar-refractivity contribution in [1.82, 2.24) is 14.5 Å². The first-order chi connectivity index (χ1) is 14.7. The van der Waals surface area contributed by atoms with E-state index in [1.54, 1.807) is 0 Å². The molecule has 3 heterocycles. The third kappa shape index (κ3) is 3.59. The molecule has 30 heavy (non-hydrogen) atoms. The van der Waals surface area contributed by atoms with E-state index in [-0.39, 0.29) is 12.2 Å². The molecular formula is C26H31N3O. The van der Waals surface area contributed by atoms with Crippen molar-refractivity contribution >= 4 is 0 Å². The number of piperidine rings is 1. The zero-order chi connectivity index (χ0) is 20.5. The van der Waals surface area contributed by atoms with Crippen LogP contribution in [0.5, 0.6) is 0 Å². The molecule has 0 N–H and O–H groups in total. The van der Waals surface area contributed by atoms with Gasteiger partial charge < -0.3 is 14.2 Å². The summed E-state index contributed by atoms with van der Waals surface area (Å²) in [4.78, 5) is 7.63. The number of nitrogens with zero attached hydrogens (tertiary/aromatic N) is 3. The van der Waals surface area contributed by atoms with Crippen LogP contribution in [-0.4, -0.2) is 40.7 Å².